The molecule has 2 fully saturated rings. The van der Waals surface area contributed by atoms with Gasteiger partial charge in [0, 0.05) is 60.0 Å². The van der Waals surface area contributed by atoms with Crippen molar-refractivity contribution in [3.63, 3.8) is 0 Å². The molecule has 3 nitrogen and oxygen atoms in total. The monoisotopic (exact) mass is 366 g/mol. The summed E-state index contributed by atoms with van der Waals surface area (Å²) in [7, 11) is 2.31. The van der Waals surface area contributed by atoms with E-state index in [1.165, 1.54) is 30.5 Å². The molecule has 2 bridgehead atoms. The number of likely N-dealkylation sites (N-methyl/N-ethyl adjacent to an activating group) is 1. The first-order valence-corrected chi connectivity index (χ1v) is 9.95. The number of piperidine rings is 1. The Morgan fingerprint density at radius 1 is 1.15 bits per heavy atom. The fraction of sp³-hybridized carbons (Fsp3) is 0.409. The van der Waals surface area contributed by atoms with E-state index >= 15 is 0 Å². The Balaban J connectivity index is 1.54. The Bertz CT molecular complexity index is 860. The topological polar surface area (TPSA) is 19.4 Å². The Kier molecular flexibility index (Phi) is 3.84. The maximum atomic E-state index is 5.50. The number of pyridine rings is 1. The Morgan fingerprint density at radius 3 is 2.85 bits per heavy atom. The molecule has 0 N–H and O–H groups in total. The van der Waals surface area contributed by atoms with Crippen molar-refractivity contribution in [2.45, 2.75) is 50.2 Å². The lowest BCUT2D eigenvalue weighted by atomic mass is 9.83. The number of hydrogen-bond donors (Lipinski definition) is 0. The summed E-state index contributed by atoms with van der Waals surface area (Å²) >= 11 is 5.50. The summed E-state index contributed by atoms with van der Waals surface area (Å²) in [5.41, 5.74) is 4.99. The molecule has 0 saturated carbocycles. The Morgan fingerprint density at radius 2 is 2.04 bits per heavy atom. The van der Waals surface area contributed by atoms with Crippen molar-refractivity contribution in [1.29, 1.82) is 0 Å². The van der Waals surface area contributed by atoms with E-state index in [9.17, 15) is 0 Å². The van der Waals surface area contributed by atoms with E-state index < -0.39 is 0 Å². The van der Waals surface area contributed by atoms with Gasteiger partial charge in [-0.2, -0.15) is 0 Å². The van der Waals surface area contributed by atoms with Crippen LogP contribution in [0.2, 0.25) is 5.02 Å². The van der Waals surface area contributed by atoms with E-state index in [2.05, 4.69) is 64.4 Å². The van der Waals surface area contributed by atoms with Crippen molar-refractivity contribution in [3.05, 3.63) is 64.6 Å². The van der Waals surface area contributed by atoms with Crippen LogP contribution in [0.25, 0.3) is 6.08 Å². The van der Waals surface area contributed by atoms with Crippen molar-refractivity contribution < 1.29 is 11.6 Å². The zero-order valence-corrected chi connectivity index (χ0v) is 16.1. The quantitative estimate of drug-likeness (QED) is 0.803. The first-order chi connectivity index (χ1) is 12.6. The van der Waals surface area contributed by atoms with Crippen LogP contribution in [0, 0.1) is 18.5 Å². The molecule has 0 aliphatic carbocycles. The van der Waals surface area contributed by atoms with Crippen LogP contribution in [0.4, 0.5) is 5.69 Å². The predicted octanol–water partition coefficient (Wildman–Crippen LogP) is 3.90. The SMILES string of the molecule is Cc1ccc(/C=C/N2c3ccc([ClH+])cc3C3C2CC2CCC3N2C)cn1. The summed E-state index contributed by atoms with van der Waals surface area (Å²) in [6, 6.07) is 12.7. The average molecular weight is 367 g/mol. The minimum absolute atomic E-state index is 0.546. The minimum atomic E-state index is 0.546. The van der Waals surface area contributed by atoms with Gasteiger partial charge in [-0.05, 0) is 62.6 Å². The Hall–Kier alpha value is -1.84. The molecule has 4 atom stereocenters. The fourth-order valence-electron chi connectivity index (χ4n) is 5.29. The van der Waals surface area contributed by atoms with Gasteiger partial charge in [-0.3, -0.25) is 9.88 Å². The van der Waals surface area contributed by atoms with Crippen LogP contribution in [-0.2, 0) is 0 Å². The molecule has 0 amide bonds. The summed E-state index contributed by atoms with van der Waals surface area (Å²) in [4.78, 5) is 9.55. The van der Waals surface area contributed by atoms with E-state index in [-0.39, 0.29) is 0 Å². The number of rotatable bonds is 2. The molecular weight excluding hydrogens is 342 g/mol. The number of nitrogens with zero attached hydrogens (tertiary/aromatic N) is 3. The molecule has 1 aromatic carbocycles. The fourth-order valence-corrected chi connectivity index (χ4v) is 5.48. The van der Waals surface area contributed by atoms with Gasteiger partial charge in [0.25, 0.3) is 0 Å². The van der Waals surface area contributed by atoms with Gasteiger partial charge in [-0.1, -0.05) is 6.07 Å². The largest absolute Gasteiger partial charge is 0.344 e. The number of aryl methyl sites for hydroxylation is 1. The molecular formula is C22H25ClN3+. The van der Waals surface area contributed by atoms with E-state index in [0.29, 0.717) is 18.0 Å². The van der Waals surface area contributed by atoms with Gasteiger partial charge < -0.3 is 4.90 Å². The summed E-state index contributed by atoms with van der Waals surface area (Å²) in [5, 5.41) is 0.957. The molecule has 4 unspecified atom stereocenters. The highest BCUT2D eigenvalue weighted by molar-refractivity contribution is 5.68. The second-order valence-corrected chi connectivity index (χ2v) is 8.44. The summed E-state index contributed by atoms with van der Waals surface area (Å²) in [5.74, 6) is 0.567. The summed E-state index contributed by atoms with van der Waals surface area (Å²) < 4.78 is 0. The summed E-state index contributed by atoms with van der Waals surface area (Å²) in [6.45, 7) is 2.02. The van der Waals surface area contributed by atoms with Gasteiger partial charge in [-0.25, -0.2) is 0 Å². The molecule has 1 aromatic heterocycles. The van der Waals surface area contributed by atoms with E-state index in [4.69, 9.17) is 11.6 Å². The third kappa shape index (κ3) is 2.49. The van der Waals surface area contributed by atoms with Crippen molar-refractivity contribution in [1.82, 2.24) is 9.88 Å². The smallest absolute Gasteiger partial charge is 0.226 e. The zero-order chi connectivity index (χ0) is 17.8. The number of aromatic nitrogens is 1. The summed E-state index contributed by atoms with van der Waals surface area (Å²) in [6.07, 6.45) is 10.3. The van der Waals surface area contributed by atoms with Crippen LogP contribution in [0.15, 0.2) is 42.7 Å². The second-order valence-electron chi connectivity index (χ2n) is 7.97. The van der Waals surface area contributed by atoms with E-state index in [0.717, 1.165) is 22.3 Å². The lowest BCUT2D eigenvalue weighted by molar-refractivity contribution is -0.288. The number of hydrogen-bond acceptors (Lipinski definition) is 3. The lowest BCUT2D eigenvalue weighted by Crippen LogP contribution is -2.49. The molecule has 134 valence electrons. The average Bonchev–Trinajstić information content (AvgIpc) is 3.04. The third-order valence-corrected chi connectivity index (χ3v) is 6.85. The van der Waals surface area contributed by atoms with E-state index in [1.54, 1.807) is 0 Å². The number of anilines is 1. The van der Waals surface area contributed by atoms with E-state index in [1.807, 2.05) is 13.1 Å². The first-order valence-electron chi connectivity index (χ1n) is 9.54. The van der Waals surface area contributed by atoms with Crippen LogP contribution < -0.4 is 4.90 Å². The molecule has 5 rings (SSSR count). The molecule has 3 aliphatic heterocycles. The number of halogens is 1. The van der Waals surface area contributed by atoms with Gasteiger partial charge in [0.15, 0.2) is 11.6 Å². The van der Waals surface area contributed by atoms with Crippen LogP contribution in [0.1, 0.15) is 42.0 Å². The maximum absolute atomic E-state index is 5.50. The van der Waals surface area contributed by atoms with Crippen LogP contribution >= 0.6 is 0 Å². The van der Waals surface area contributed by atoms with Crippen LogP contribution in [0.5, 0.6) is 0 Å². The molecule has 3 aliphatic rings. The van der Waals surface area contributed by atoms with Gasteiger partial charge in [-0.15, -0.1) is 0 Å². The van der Waals surface area contributed by atoms with Crippen molar-refractivity contribution in [3.8, 4) is 0 Å². The van der Waals surface area contributed by atoms with Crippen molar-refractivity contribution in [2.24, 2.45) is 0 Å². The normalized spacial score (nSPS) is 30.0. The Labute approximate surface area is 160 Å². The lowest BCUT2D eigenvalue weighted by Gasteiger charge is -2.42. The third-order valence-electron chi connectivity index (χ3n) is 6.59. The highest BCUT2D eigenvalue weighted by Gasteiger charge is 2.52. The van der Waals surface area contributed by atoms with Crippen molar-refractivity contribution >= 4 is 11.8 Å². The number of fused-ring (bicyclic) bond motifs is 6. The maximum Gasteiger partial charge on any atom is 0.226 e. The molecule has 26 heavy (non-hydrogen) atoms. The molecule has 0 spiro atoms. The minimum Gasteiger partial charge on any atom is -0.344 e. The van der Waals surface area contributed by atoms with Gasteiger partial charge in [0.1, 0.15) is 0 Å². The van der Waals surface area contributed by atoms with Crippen LogP contribution in [-0.4, -0.2) is 35.1 Å². The number of benzene rings is 1. The molecule has 0 radical (unpaired) electrons. The molecule has 4 heterocycles. The second kappa shape index (κ2) is 6.11. The zero-order valence-electron chi connectivity index (χ0n) is 15.3. The van der Waals surface area contributed by atoms with Crippen LogP contribution in [0.3, 0.4) is 0 Å². The standard InChI is InChI=1S/C22H25ClN3/c1-14-3-4-15(13-24-14)9-10-26-19-7-5-16(23)11-18(19)22-20-8-6-17(25(20)2)12-21(22)26/h3-5,7,9-11,13,17,20-23H,6,8,12H2,1-2H3/q+1/b10-9+. The van der Waals surface area contributed by atoms with Gasteiger partial charge in [0.05, 0.1) is 0 Å². The molecule has 2 saturated heterocycles. The molecule has 4 heteroatoms. The highest BCUT2D eigenvalue weighted by Crippen LogP contribution is 2.53. The highest BCUT2D eigenvalue weighted by atomic mass is 35.5. The van der Waals surface area contributed by atoms with Gasteiger partial charge in [0.2, 0.25) is 5.02 Å². The van der Waals surface area contributed by atoms with Crippen molar-refractivity contribution in [2.75, 3.05) is 11.9 Å². The van der Waals surface area contributed by atoms with Gasteiger partial charge >= 0.3 is 0 Å². The first kappa shape index (κ1) is 16.3. The predicted molar refractivity (Wildman–Crippen MR) is 103 cm³/mol. The molecule has 2 aromatic rings.